The molecule has 0 aromatic carbocycles. The molecule has 1 fully saturated rings. The summed E-state index contributed by atoms with van der Waals surface area (Å²) >= 11 is 1.64. The summed E-state index contributed by atoms with van der Waals surface area (Å²) in [6.45, 7) is 2.00. The van der Waals surface area contributed by atoms with Crippen molar-refractivity contribution in [3.8, 4) is 12.3 Å². The van der Waals surface area contributed by atoms with Gasteiger partial charge in [0.2, 0.25) is 0 Å². The van der Waals surface area contributed by atoms with Gasteiger partial charge < -0.3 is 5.73 Å². The van der Waals surface area contributed by atoms with E-state index in [1.54, 1.807) is 11.3 Å². The fourth-order valence-corrected chi connectivity index (χ4v) is 2.33. The summed E-state index contributed by atoms with van der Waals surface area (Å²) in [5.41, 5.74) is 6.78. The second-order valence-electron chi connectivity index (χ2n) is 3.46. The zero-order chi connectivity index (χ0) is 9.42. The second-order valence-corrected chi connectivity index (χ2v) is 4.70. The first-order valence-electron chi connectivity index (χ1n) is 4.42. The molecule has 1 saturated carbocycles. The standard InChI is InChI=1S/C10H12N2S/c1-3-8-6(2)13-10(12-8)9(11)7-4-5-7/h1,7,9H,4-5,11H2,2H3. The first-order chi connectivity index (χ1) is 6.22. The molecule has 0 spiro atoms. The van der Waals surface area contributed by atoms with E-state index in [2.05, 4.69) is 10.9 Å². The maximum atomic E-state index is 6.02. The highest BCUT2D eigenvalue weighted by Gasteiger charge is 2.31. The Morgan fingerprint density at radius 2 is 2.38 bits per heavy atom. The van der Waals surface area contributed by atoms with Gasteiger partial charge in [0.1, 0.15) is 10.7 Å². The van der Waals surface area contributed by atoms with Crippen molar-refractivity contribution in [1.82, 2.24) is 4.98 Å². The van der Waals surface area contributed by atoms with Crippen molar-refractivity contribution >= 4 is 11.3 Å². The number of terminal acetylenes is 1. The molecule has 2 N–H and O–H groups in total. The van der Waals surface area contributed by atoms with Crippen LogP contribution < -0.4 is 5.73 Å². The van der Waals surface area contributed by atoms with Gasteiger partial charge in [-0.15, -0.1) is 17.8 Å². The Balaban J connectivity index is 2.25. The minimum Gasteiger partial charge on any atom is -0.322 e. The van der Waals surface area contributed by atoms with E-state index in [1.807, 2.05) is 6.92 Å². The lowest BCUT2D eigenvalue weighted by Crippen LogP contribution is -2.11. The van der Waals surface area contributed by atoms with E-state index >= 15 is 0 Å². The lowest BCUT2D eigenvalue weighted by atomic mass is 10.2. The maximum absolute atomic E-state index is 6.02. The smallest absolute Gasteiger partial charge is 0.127 e. The molecule has 0 bridgehead atoms. The number of aryl methyl sites for hydroxylation is 1. The fourth-order valence-electron chi connectivity index (χ4n) is 1.35. The van der Waals surface area contributed by atoms with Crippen molar-refractivity contribution in [2.45, 2.75) is 25.8 Å². The molecule has 1 aromatic heterocycles. The van der Waals surface area contributed by atoms with Gasteiger partial charge in [-0.1, -0.05) is 0 Å². The van der Waals surface area contributed by atoms with Gasteiger partial charge >= 0.3 is 0 Å². The zero-order valence-corrected chi connectivity index (χ0v) is 8.40. The number of nitrogens with two attached hydrogens (primary N) is 1. The molecule has 1 aromatic rings. The number of aromatic nitrogens is 1. The lowest BCUT2D eigenvalue weighted by molar-refractivity contribution is 0.628. The van der Waals surface area contributed by atoms with Crippen LogP contribution in [0, 0.1) is 25.2 Å². The highest BCUT2D eigenvalue weighted by molar-refractivity contribution is 7.11. The third kappa shape index (κ3) is 1.60. The maximum Gasteiger partial charge on any atom is 0.127 e. The minimum atomic E-state index is 0.116. The van der Waals surface area contributed by atoms with Crippen LogP contribution in [0.25, 0.3) is 0 Å². The molecule has 68 valence electrons. The van der Waals surface area contributed by atoms with E-state index in [4.69, 9.17) is 12.2 Å². The molecule has 1 unspecified atom stereocenters. The van der Waals surface area contributed by atoms with Crippen molar-refractivity contribution in [2.24, 2.45) is 11.7 Å². The zero-order valence-electron chi connectivity index (χ0n) is 7.58. The Morgan fingerprint density at radius 3 is 2.85 bits per heavy atom. The molecule has 1 atom stereocenters. The summed E-state index contributed by atoms with van der Waals surface area (Å²) in [5, 5.41) is 1.01. The SMILES string of the molecule is C#Cc1nc(C(N)C2CC2)sc1C. The molecule has 1 aliphatic carbocycles. The Labute approximate surface area is 82.2 Å². The Hall–Kier alpha value is -0.850. The van der Waals surface area contributed by atoms with Gasteiger partial charge in [0.15, 0.2) is 0 Å². The average Bonchev–Trinajstić information content (AvgIpc) is 2.89. The summed E-state index contributed by atoms with van der Waals surface area (Å²) in [6.07, 6.45) is 7.79. The molecule has 0 saturated heterocycles. The fraction of sp³-hybridized carbons (Fsp3) is 0.500. The summed E-state index contributed by atoms with van der Waals surface area (Å²) in [6, 6.07) is 0.116. The molecule has 2 rings (SSSR count). The number of hydrogen-bond donors (Lipinski definition) is 1. The first-order valence-corrected chi connectivity index (χ1v) is 5.23. The highest BCUT2D eigenvalue weighted by atomic mass is 32.1. The lowest BCUT2D eigenvalue weighted by Gasteiger charge is -2.03. The molecule has 2 nitrogen and oxygen atoms in total. The van der Waals surface area contributed by atoms with Crippen LogP contribution >= 0.6 is 11.3 Å². The highest BCUT2D eigenvalue weighted by Crippen LogP contribution is 2.40. The third-order valence-electron chi connectivity index (χ3n) is 2.36. The van der Waals surface area contributed by atoms with Crippen LogP contribution in [0.2, 0.25) is 0 Å². The van der Waals surface area contributed by atoms with Crippen LogP contribution in [-0.4, -0.2) is 4.98 Å². The third-order valence-corrected chi connectivity index (χ3v) is 3.44. The Bertz CT molecular complexity index is 357. The predicted octanol–water partition coefficient (Wildman–Crippen LogP) is 1.84. The van der Waals surface area contributed by atoms with Crippen molar-refractivity contribution in [3.05, 3.63) is 15.6 Å². The van der Waals surface area contributed by atoms with Crippen LogP contribution in [0.5, 0.6) is 0 Å². The van der Waals surface area contributed by atoms with E-state index < -0.39 is 0 Å². The number of hydrogen-bond acceptors (Lipinski definition) is 3. The Kier molecular flexibility index (Phi) is 2.10. The molecule has 1 aliphatic rings. The summed E-state index contributed by atoms with van der Waals surface area (Å²) in [7, 11) is 0. The van der Waals surface area contributed by atoms with Crippen LogP contribution in [0.1, 0.15) is 34.5 Å². The van der Waals surface area contributed by atoms with E-state index in [0.717, 1.165) is 15.6 Å². The monoisotopic (exact) mass is 192 g/mol. The molecular formula is C10H12N2S. The first kappa shape index (κ1) is 8.74. The van der Waals surface area contributed by atoms with E-state index in [-0.39, 0.29) is 6.04 Å². The predicted molar refractivity (Wildman–Crippen MR) is 54.4 cm³/mol. The quantitative estimate of drug-likeness (QED) is 0.726. The summed E-state index contributed by atoms with van der Waals surface area (Å²) in [5.74, 6) is 3.22. The van der Waals surface area contributed by atoms with Gasteiger partial charge in [-0.25, -0.2) is 4.98 Å². The van der Waals surface area contributed by atoms with Gasteiger partial charge in [0, 0.05) is 4.88 Å². The van der Waals surface area contributed by atoms with Gasteiger partial charge in [0.05, 0.1) is 6.04 Å². The van der Waals surface area contributed by atoms with Gasteiger partial charge in [-0.2, -0.15) is 0 Å². The second kappa shape index (κ2) is 3.13. The number of thiazole rings is 1. The molecule has 0 radical (unpaired) electrons. The van der Waals surface area contributed by atoms with Crippen LogP contribution in [0.15, 0.2) is 0 Å². The van der Waals surface area contributed by atoms with Crippen LogP contribution in [0.3, 0.4) is 0 Å². The van der Waals surface area contributed by atoms with Crippen molar-refractivity contribution in [2.75, 3.05) is 0 Å². The molecular weight excluding hydrogens is 180 g/mol. The average molecular weight is 192 g/mol. The number of nitrogens with zero attached hydrogens (tertiary/aromatic N) is 1. The number of rotatable bonds is 2. The van der Waals surface area contributed by atoms with Crippen LogP contribution in [0.4, 0.5) is 0 Å². The largest absolute Gasteiger partial charge is 0.322 e. The molecule has 13 heavy (non-hydrogen) atoms. The minimum absolute atomic E-state index is 0.116. The molecule has 3 heteroatoms. The van der Waals surface area contributed by atoms with E-state index in [1.165, 1.54) is 12.8 Å². The van der Waals surface area contributed by atoms with E-state index in [0.29, 0.717) is 5.92 Å². The summed E-state index contributed by atoms with van der Waals surface area (Å²) in [4.78, 5) is 5.45. The topological polar surface area (TPSA) is 38.9 Å². The Morgan fingerprint density at radius 1 is 1.69 bits per heavy atom. The normalized spacial score (nSPS) is 18.2. The molecule has 0 amide bonds. The van der Waals surface area contributed by atoms with Crippen molar-refractivity contribution in [1.29, 1.82) is 0 Å². The molecule has 1 heterocycles. The van der Waals surface area contributed by atoms with E-state index in [9.17, 15) is 0 Å². The van der Waals surface area contributed by atoms with Crippen molar-refractivity contribution in [3.63, 3.8) is 0 Å². The van der Waals surface area contributed by atoms with Gasteiger partial charge in [-0.3, -0.25) is 0 Å². The molecule has 0 aliphatic heterocycles. The van der Waals surface area contributed by atoms with Crippen molar-refractivity contribution < 1.29 is 0 Å². The van der Waals surface area contributed by atoms with Gasteiger partial charge in [0.25, 0.3) is 0 Å². The summed E-state index contributed by atoms with van der Waals surface area (Å²) < 4.78 is 0. The van der Waals surface area contributed by atoms with Gasteiger partial charge in [-0.05, 0) is 31.6 Å². The van der Waals surface area contributed by atoms with Crippen LogP contribution in [-0.2, 0) is 0 Å².